The van der Waals surface area contributed by atoms with Gasteiger partial charge in [-0.2, -0.15) is 0 Å². The van der Waals surface area contributed by atoms with Crippen LogP contribution in [-0.2, 0) is 14.8 Å². The molecule has 0 aliphatic rings. The summed E-state index contributed by atoms with van der Waals surface area (Å²) < 4.78 is 44.7. The molecular weight excluding hydrogens is 347 g/mol. The molecule has 0 spiro atoms. The van der Waals surface area contributed by atoms with Crippen molar-refractivity contribution in [2.45, 2.75) is 6.92 Å². The first-order chi connectivity index (χ1) is 11.8. The van der Waals surface area contributed by atoms with Crippen molar-refractivity contribution in [3.63, 3.8) is 0 Å². The van der Waals surface area contributed by atoms with E-state index in [-0.39, 0.29) is 5.69 Å². The molecule has 1 amide bonds. The van der Waals surface area contributed by atoms with Gasteiger partial charge in [-0.05, 0) is 30.3 Å². The Balaban J connectivity index is 1.99. The van der Waals surface area contributed by atoms with Crippen LogP contribution >= 0.6 is 0 Å². The highest BCUT2D eigenvalue weighted by Gasteiger charge is 2.22. The maximum Gasteiger partial charge on any atom is 0.233 e. The number of carbonyl (C=O) groups is 1. The first-order valence-corrected chi connectivity index (χ1v) is 9.15. The van der Waals surface area contributed by atoms with Gasteiger partial charge >= 0.3 is 0 Å². The number of carbonyl (C=O) groups excluding carboxylic acids is 1. The van der Waals surface area contributed by atoms with Crippen LogP contribution in [0.1, 0.15) is 6.92 Å². The minimum atomic E-state index is -3.80. The molecule has 0 saturated carbocycles. The lowest BCUT2D eigenvalue weighted by molar-refractivity contribution is -0.118. The number of halogens is 1. The van der Waals surface area contributed by atoms with E-state index in [1.54, 1.807) is 24.3 Å². The van der Waals surface area contributed by atoms with Crippen molar-refractivity contribution in [1.29, 1.82) is 0 Å². The third-order valence-electron chi connectivity index (χ3n) is 3.35. The van der Waals surface area contributed by atoms with Gasteiger partial charge in [-0.15, -0.1) is 0 Å². The Morgan fingerprint density at radius 3 is 2.52 bits per heavy atom. The molecule has 2 rings (SSSR count). The summed E-state index contributed by atoms with van der Waals surface area (Å²) >= 11 is 0. The van der Waals surface area contributed by atoms with E-state index in [0.29, 0.717) is 11.4 Å². The Hall–Kier alpha value is -2.61. The van der Waals surface area contributed by atoms with Crippen LogP contribution in [0.2, 0.25) is 0 Å². The molecule has 0 aliphatic heterocycles. The van der Waals surface area contributed by atoms with E-state index in [4.69, 9.17) is 4.74 Å². The summed E-state index contributed by atoms with van der Waals surface area (Å²) in [6.45, 7) is 1.50. The fourth-order valence-corrected chi connectivity index (χ4v) is 3.52. The molecule has 0 aliphatic carbocycles. The van der Waals surface area contributed by atoms with Crippen molar-refractivity contribution in [3.05, 3.63) is 54.3 Å². The van der Waals surface area contributed by atoms with Crippen LogP contribution in [0.4, 0.5) is 15.8 Å². The second kappa shape index (κ2) is 7.98. The Bertz CT molecular complexity index is 855. The summed E-state index contributed by atoms with van der Waals surface area (Å²) in [5.74, 6) is -1.66. The zero-order valence-corrected chi connectivity index (χ0v) is 14.6. The Morgan fingerprint density at radius 2 is 1.84 bits per heavy atom. The molecule has 0 fully saturated rings. The van der Waals surface area contributed by atoms with Crippen molar-refractivity contribution in [2.24, 2.45) is 5.92 Å². The van der Waals surface area contributed by atoms with E-state index in [0.717, 1.165) is 6.07 Å². The van der Waals surface area contributed by atoms with E-state index >= 15 is 0 Å². The predicted molar refractivity (Wildman–Crippen MR) is 94.6 cm³/mol. The lowest BCUT2D eigenvalue weighted by Gasteiger charge is -2.14. The molecule has 2 N–H and O–H groups in total. The molecule has 0 radical (unpaired) electrons. The van der Waals surface area contributed by atoms with E-state index in [1.165, 1.54) is 32.2 Å². The van der Waals surface area contributed by atoms with Crippen LogP contribution in [0.25, 0.3) is 0 Å². The smallest absolute Gasteiger partial charge is 0.233 e. The highest BCUT2D eigenvalue weighted by molar-refractivity contribution is 7.92. The van der Waals surface area contributed by atoms with Gasteiger partial charge < -0.3 is 10.1 Å². The summed E-state index contributed by atoms with van der Waals surface area (Å²) in [7, 11) is -2.29. The van der Waals surface area contributed by atoms with Crippen molar-refractivity contribution >= 4 is 27.3 Å². The van der Waals surface area contributed by atoms with Gasteiger partial charge in [-0.3, -0.25) is 9.52 Å². The molecule has 1 unspecified atom stereocenters. The number of hydrogen-bond acceptors (Lipinski definition) is 4. The van der Waals surface area contributed by atoms with E-state index in [2.05, 4.69) is 10.0 Å². The molecule has 134 valence electrons. The van der Waals surface area contributed by atoms with Gasteiger partial charge in [0.1, 0.15) is 11.6 Å². The quantitative estimate of drug-likeness (QED) is 0.789. The molecule has 0 aromatic heterocycles. The molecule has 0 bridgehead atoms. The first kappa shape index (κ1) is 18.7. The minimum absolute atomic E-state index is 0.111. The van der Waals surface area contributed by atoms with Gasteiger partial charge in [0.2, 0.25) is 15.9 Å². The number of amides is 1. The SMILES string of the molecule is COc1cccc(NC(=O)C(C)CS(=O)(=O)Nc2cccc(F)c2)c1. The largest absolute Gasteiger partial charge is 0.497 e. The summed E-state index contributed by atoms with van der Waals surface area (Å²) in [5, 5.41) is 2.64. The molecule has 0 heterocycles. The summed E-state index contributed by atoms with van der Waals surface area (Å²) in [6.07, 6.45) is 0. The van der Waals surface area contributed by atoms with Crippen LogP contribution in [0.3, 0.4) is 0 Å². The molecule has 0 saturated heterocycles. The van der Waals surface area contributed by atoms with Crippen molar-refractivity contribution in [3.8, 4) is 5.75 Å². The Labute approximate surface area is 146 Å². The number of hydrogen-bond donors (Lipinski definition) is 2. The normalized spacial score (nSPS) is 12.3. The van der Waals surface area contributed by atoms with Gasteiger partial charge in [0.15, 0.2) is 0 Å². The third-order valence-corrected chi connectivity index (χ3v) is 4.84. The van der Waals surface area contributed by atoms with Crippen molar-refractivity contribution < 1.29 is 22.3 Å². The maximum atomic E-state index is 13.1. The van der Waals surface area contributed by atoms with Crippen molar-refractivity contribution in [2.75, 3.05) is 22.9 Å². The highest BCUT2D eigenvalue weighted by Crippen LogP contribution is 2.18. The molecule has 25 heavy (non-hydrogen) atoms. The molecule has 2 aromatic carbocycles. The predicted octanol–water partition coefficient (Wildman–Crippen LogP) is 2.85. The molecule has 8 heteroatoms. The van der Waals surface area contributed by atoms with Crippen LogP contribution in [0, 0.1) is 11.7 Å². The zero-order valence-electron chi connectivity index (χ0n) is 13.8. The van der Waals surface area contributed by atoms with Gasteiger partial charge in [0.05, 0.1) is 24.5 Å². The van der Waals surface area contributed by atoms with Crippen LogP contribution in [0.5, 0.6) is 5.75 Å². The lowest BCUT2D eigenvalue weighted by atomic mass is 10.2. The number of anilines is 2. The number of sulfonamides is 1. The lowest BCUT2D eigenvalue weighted by Crippen LogP contribution is -2.29. The van der Waals surface area contributed by atoms with E-state index < -0.39 is 33.4 Å². The van der Waals surface area contributed by atoms with Crippen molar-refractivity contribution in [1.82, 2.24) is 0 Å². The average Bonchev–Trinajstić information content (AvgIpc) is 2.54. The molecule has 1 atom stereocenters. The van der Waals surface area contributed by atoms with Gasteiger partial charge in [-0.1, -0.05) is 19.1 Å². The highest BCUT2D eigenvalue weighted by atomic mass is 32.2. The molecular formula is C17H19FN2O4S. The summed E-state index contributed by atoms with van der Waals surface area (Å²) in [6, 6.07) is 11.8. The van der Waals surface area contributed by atoms with Crippen LogP contribution in [0.15, 0.2) is 48.5 Å². The fraction of sp³-hybridized carbons (Fsp3) is 0.235. The Kier molecular flexibility index (Phi) is 5.97. The average molecular weight is 366 g/mol. The number of ether oxygens (including phenoxy) is 1. The molecule has 6 nitrogen and oxygen atoms in total. The minimum Gasteiger partial charge on any atom is -0.497 e. The zero-order chi connectivity index (χ0) is 18.4. The summed E-state index contributed by atoms with van der Waals surface area (Å²) in [5.41, 5.74) is 0.618. The number of nitrogens with one attached hydrogen (secondary N) is 2. The number of rotatable bonds is 7. The monoisotopic (exact) mass is 366 g/mol. The number of benzene rings is 2. The summed E-state index contributed by atoms with van der Waals surface area (Å²) in [4.78, 5) is 12.2. The Morgan fingerprint density at radius 1 is 1.16 bits per heavy atom. The van der Waals surface area contributed by atoms with E-state index in [9.17, 15) is 17.6 Å². The fourth-order valence-electron chi connectivity index (χ4n) is 2.14. The van der Waals surface area contributed by atoms with Gasteiger partial charge in [0.25, 0.3) is 0 Å². The first-order valence-electron chi connectivity index (χ1n) is 7.50. The second-order valence-electron chi connectivity index (χ2n) is 5.52. The maximum absolute atomic E-state index is 13.1. The van der Waals surface area contributed by atoms with Crippen LogP contribution in [-0.4, -0.2) is 27.2 Å². The topological polar surface area (TPSA) is 84.5 Å². The second-order valence-corrected chi connectivity index (χ2v) is 7.28. The van der Waals surface area contributed by atoms with Gasteiger partial charge in [-0.25, -0.2) is 12.8 Å². The molecule has 2 aromatic rings. The standard InChI is InChI=1S/C17H19FN2O4S/c1-12(17(21)19-14-6-4-8-16(10-14)24-2)11-25(22,23)20-15-7-3-5-13(18)9-15/h3-10,12,20H,11H2,1-2H3,(H,19,21). The van der Waals surface area contributed by atoms with Gasteiger partial charge in [0, 0.05) is 11.8 Å². The van der Waals surface area contributed by atoms with E-state index in [1.807, 2.05) is 0 Å². The van der Waals surface area contributed by atoms with Crippen LogP contribution < -0.4 is 14.8 Å². The number of methoxy groups -OCH3 is 1. The third kappa shape index (κ3) is 5.75.